The lowest BCUT2D eigenvalue weighted by Gasteiger charge is -2.32. The molecule has 2 unspecified atom stereocenters. The Morgan fingerprint density at radius 2 is 2.26 bits per heavy atom. The fraction of sp³-hybridized carbons (Fsp3) is 0.800. The molecule has 4 nitrogen and oxygen atoms in total. The lowest BCUT2D eigenvalue weighted by Crippen LogP contribution is -2.46. The molecule has 108 valence electrons. The molecule has 0 aromatic rings. The van der Waals surface area contributed by atoms with Gasteiger partial charge in [0, 0.05) is 19.1 Å². The van der Waals surface area contributed by atoms with E-state index >= 15 is 0 Å². The Bertz CT molecular complexity index is 317. The van der Waals surface area contributed by atoms with Gasteiger partial charge in [-0.25, -0.2) is 4.79 Å². The first kappa shape index (κ1) is 14.4. The van der Waals surface area contributed by atoms with Gasteiger partial charge in [-0.2, -0.15) is 0 Å². The number of hydrogen-bond acceptors (Lipinski definition) is 2. The maximum atomic E-state index is 11.8. The number of urea groups is 1. The van der Waals surface area contributed by atoms with Gasteiger partial charge >= 0.3 is 6.03 Å². The van der Waals surface area contributed by atoms with Gasteiger partial charge in [0.2, 0.25) is 0 Å². The molecule has 1 heterocycles. The lowest BCUT2D eigenvalue weighted by atomic mass is 9.98. The molecular formula is C15H27N3O. The number of amides is 2. The molecule has 2 atom stereocenters. The molecule has 2 rings (SSSR count). The minimum atomic E-state index is -0.00910. The summed E-state index contributed by atoms with van der Waals surface area (Å²) in [5, 5.41) is 6.07. The predicted octanol–water partition coefficient (Wildman–Crippen LogP) is 2.13. The molecule has 19 heavy (non-hydrogen) atoms. The molecule has 2 N–H and O–H groups in total. The first-order chi connectivity index (χ1) is 9.28. The molecule has 1 aliphatic carbocycles. The molecule has 2 aliphatic rings. The van der Waals surface area contributed by atoms with Gasteiger partial charge in [0.15, 0.2) is 0 Å². The molecular weight excluding hydrogens is 238 g/mol. The van der Waals surface area contributed by atoms with Crippen molar-refractivity contribution in [1.82, 2.24) is 15.5 Å². The van der Waals surface area contributed by atoms with Gasteiger partial charge in [-0.1, -0.05) is 19.1 Å². The van der Waals surface area contributed by atoms with Crippen LogP contribution in [0, 0.1) is 5.92 Å². The Morgan fingerprint density at radius 1 is 1.37 bits per heavy atom. The van der Waals surface area contributed by atoms with Gasteiger partial charge in [0.05, 0.1) is 0 Å². The number of rotatable bonds is 4. The third kappa shape index (κ3) is 4.86. The van der Waals surface area contributed by atoms with E-state index in [1.165, 1.54) is 25.8 Å². The first-order valence-electron chi connectivity index (χ1n) is 7.71. The van der Waals surface area contributed by atoms with Crippen LogP contribution in [0.25, 0.3) is 0 Å². The van der Waals surface area contributed by atoms with Crippen molar-refractivity contribution in [2.75, 3.05) is 26.2 Å². The van der Waals surface area contributed by atoms with Crippen molar-refractivity contribution in [1.29, 1.82) is 0 Å². The van der Waals surface area contributed by atoms with Crippen LogP contribution in [0.15, 0.2) is 12.2 Å². The van der Waals surface area contributed by atoms with E-state index in [2.05, 4.69) is 34.6 Å². The van der Waals surface area contributed by atoms with E-state index in [-0.39, 0.29) is 12.1 Å². The van der Waals surface area contributed by atoms with Crippen LogP contribution in [-0.2, 0) is 0 Å². The number of hydrogen-bond donors (Lipinski definition) is 2. The number of likely N-dealkylation sites (tertiary alicyclic amines) is 1. The molecule has 1 aliphatic heterocycles. The summed E-state index contributed by atoms with van der Waals surface area (Å²) in [5.74, 6) is 0.612. The summed E-state index contributed by atoms with van der Waals surface area (Å²) >= 11 is 0. The molecule has 2 amide bonds. The molecule has 0 saturated carbocycles. The Labute approximate surface area is 116 Å². The van der Waals surface area contributed by atoms with Crippen molar-refractivity contribution in [2.45, 2.75) is 45.1 Å². The Hall–Kier alpha value is -1.03. The van der Waals surface area contributed by atoms with E-state index in [4.69, 9.17) is 0 Å². The molecule has 0 aromatic carbocycles. The van der Waals surface area contributed by atoms with Crippen molar-refractivity contribution >= 4 is 6.03 Å². The molecule has 1 fully saturated rings. The molecule has 0 radical (unpaired) electrons. The van der Waals surface area contributed by atoms with Crippen LogP contribution in [0.2, 0.25) is 0 Å². The topological polar surface area (TPSA) is 44.4 Å². The minimum absolute atomic E-state index is 0.00910. The summed E-state index contributed by atoms with van der Waals surface area (Å²) in [6, 6.07) is 0.220. The number of allylic oxidation sites excluding steroid dienone is 1. The quantitative estimate of drug-likeness (QED) is 0.765. The van der Waals surface area contributed by atoms with Gasteiger partial charge in [-0.05, 0) is 51.1 Å². The van der Waals surface area contributed by atoms with Gasteiger partial charge < -0.3 is 15.5 Å². The average Bonchev–Trinajstić information content (AvgIpc) is 2.46. The van der Waals surface area contributed by atoms with Crippen molar-refractivity contribution in [3.63, 3.8) is 0 Å². The number of carbonyl (C=O) groups is 1. The number of piperidine rings is 1. The van der Waals surface area contributed by atoms with Crippen molar-refractivity contribution in [3.05, 3.63) is 12.2 Å². The smallest absolute Gasteiger partial charge is 0.315 e. The maximum absolute atomic E-state index is 11.8. The summed E-state index contributed by atoms with van der Waals surface area (Å²) in [7, 11) is 0. The summed E-state index contributed by atoms with van der Waals surface area (Å²) < 4.78 is 0. The normalized spacial score (nSPS) is 28.1. The SMILES string of the molecule is CCN1CCCC(CNC(=O)NC2C=CCCC2)C1. The van der Waals surface area contributed by atoms with E-state index in [0.29, 0.717) is 5.92 Å². The van der Waals surface area contributed by atoms with Crippen molar-refractivity contribution < 1.29 is 4.79 Å². The number of nitrogens with zero attached hydrogens (tertiary/aromatic N) is 1. The highest BCUT2D eigenvalue weighted by molar-refractivity contribution is 5.74. The van der Waals surface area contributed by atoms with Gasteiger partial charge in [-0.15, -0.1) is 0 Å². The fourth-order valence-corrected chi connectivity index (χ4v) is 2.99. The predicted molar refractivity (Wildman–Crippen MR) is 78.2 cm³/mol. The maximum Gasteiger partial charge on any atom is 0.315 e. The van der Waals surface area contributed by atoms with Gasteiger partial charge in [0.25, 0.3) is 0 Å². The zero-order valence-electron chi connectivity index (χ0n) is 12.0. The van der Waals surface area contributed by atoms with E-state index in [1.54, 1.807) is 0 Å². The Kier molecular flexibility index (Phi) is 5.70. The van der Waals surface area contributed by atoms with Crippen molar-refractivity contribution in [3.8, 4) is 0 Å². The van der Waals surface area contributed by atoms with E-state index in [0.717, 1.165) is 32.5 Å². The summed E-state index contributed by atoms with van der Waals surface area (Å²) in [6.07, 6.45) is 10.2. The highest BCUT2D eigenvalue weighted by Gasteiger charge is 2.19. The Balaban J connectivity index is 1.65. The zero-order valence-corrected chi connectivity index (χ0v) is 12.0. The van der Waals surface area contributed by atoms with Crippen LogP contribution < -0.4 is 10.6 Å². The molecule has 1 saturated heterocycles. The summed E-state index contributed by atoms with van der Waals surface area (Å²) in [6.45, 7) is 6.47. The average molecular weight is 265 g/mol. The Morgan fingerprint density at radius 3 is 3.00 bits per heavy atom. The van der Waals surface area contributed by atoms with E-state index in [9.17, 15) is 4.79 Å². The standard InChI is InChI=1S/C15H27N3O/c1-2-18-10-6-7-13(12-18)11-16-15(19)17-14-8-4-3-5-9-14/h4,8,13-14H,2-3,5-7,9-12H2,1H3,(H2,16,17,19). The summed E-state index contributed by atoms with van der Waals surface area (Å²) in [4.78, 5) is 14.3. The largest absolute Gasteiger partial charge is 0.338 e. The first-order valence-corrected chi connectivity index (χ1v) is 7.71. The molecule has 4 heteroatoms. The number of nitrogens with one attached hydrogen (secondary N) is 2. The highest BCUT2D eigenvalue weighted by atomic mass is 16.2. The fourth-order valence-electron chi connectivity index (χ4n) is 2.99. The van der Waals surface area contributed by atoms with Gasteiger partial charge in [-0.3, -0.25) is 0 Å². The second kappa shape index (κ2) is 7.53. The number of carbonyl (C=O) groups excluding carboxylic acids is 1. The van der Waals surface area contributed by atoms with Crippen LogP contribution in [0.1, 0.15) is 39.0 Å². The van der Waals surface area contributed by atoms with Gasteiger partial charge in [0.1, 0.15) is 0 Å². The molecule has 0 aromatic heterocycles. The zero-order chi connectivity index (χ0) is 13.5. The lowest BCUT2D eigenvalue weighted by molar-refractivity contribution is 0.179. The van der Waals surface area contributed by atoms with Crippen molar-refractivity contribution in [2.24, 2.45) is 5.92 Å². The highest BCUT2D eigenvalue weighted by Crippen LogP contribution is 2.15. The monoisotopic (exact) mass is 265 g/mol. The minimum Gasteiger partial charge on any atom is -0.338 e. The molecule has 0 spiro atoms. The third-order valence-electron chi connectivity index (χ3n) is 4.17. The van der Waals surface area contributed by atoms with Crippen LogP contribution in [0.5, 0.6) is 0 Å². The van der Waals surface area contributed by atoms with E-state index in [1.807, 2.05) is 0 Å². The van der Waals surface area contributed by atoms with E-state index < -0.39 is 0 Å². The second-order valence-corrected chi connectivity index (χ2v) is 5.72. The molecule has 0 bridgehead atoms. The summed E-state index contributed by atoms with van der Waals surface area (Å²) in [5.41, 5.74) is 0. The second-order valence-electron chi connectivity index (χ2n) is 5.72. The van der Waals surface area contributed by atoms with Crippen LogP contribution in [0.4, 0.5) is 4.79 Å². The third-order valence-corrected chi connectivity index (χ3v) is 4.17. The van der Waals surface area contributed by atoms with Crippen LogP contribution in [0.3, 0.4) is 0 Å². The van der Waals surface area contributed by atoms with Crippen LogP contribution in [-0.4, -0.2) is 43.2 Å². The van der Waals surface area contributed by atoms with Crippen LogP contribution >= 0.6 is 0 Å².